The van der Waals surface area contributed by atoms with Crippen molar-refractivity contribution in [1.29, 1.82) is 0 Å². The van der Waals surface area contributed by atoms with Gasteiger partial charge in [0.15, 0.2) is 0 Å². The molecule has 0 saturated carbocycles. The number of tetrazole rings is 1. The normalized spacial score (nSPS) is 14.0. The zero-order valence-electron chi connectivity index (χ0n) is 11.6. The molecule has 5 heteroatoms. The van der Waals surface area contributed by atoms with Crippen LogP contribution in [0.5, 0.6) is 0 Å². The fourth-order valence-electron chi connectivity index (χ4n) is 2.78. The molecule has 21 heavy (non-hydrogen) atoms. The largest absolute Gasteiger partial charge is 0.335 e. The first-order chi connectivity index (χ1) is 10.4. The predicted molar refractivity (Wildman–Crippen MR) is 80.4 cm³/mol. The molecule has 1 aliphatic rings. The van der Waals surface area contributed by atoms with Gasteiger partial charge in [0.05, 0.1) is 5.69 Å². The quantitative estimate of drug-likeness (QED) is 0.720. The number of nitrogens with zero attached hydrogens (tertiary/aromatic N) is 5. The smallest absolute Gasteiger partial charge is 0.250 e. The van der Waals surface area contributed by atoms with Gasteiger partial charge in [-0.25, -0.2) is 0 Å². The van der Waals surface area contributed by atoms with E-state index in [2.05, 4.69) is 44.7 Å². The third kappa shape index (κ3) is 2.16. The molecule has 0 unspecified atom stereocenters. The molecule has 0 radical (unpaired) electrons. The summed E-state index contributed by atoms with van der Waals surface area (Å²) in [5, 5.41) is 12.2. The van der Waals surface area contributed by atoms with Gasteiger partial charge in [-0.3, -0.25) is 0 Å². The Hall–Kier alpha value is -2.69. The Bertz CT molecular complexity index is 750. The zero-order valence-corrected chi connectivity index (χ0v) is 11.6. The maximum Gasteiger partial charge on any atom is 0.250 e. The Labute approximate surface area is 122 Å². The first-order valence-electron chi connectivity index (χ1n) is 7.07. The van der Waals surface area contributed by atoms with Crippen molar-refractivity contribution < 1.29 is 0 Å². The van der Waals surface area contributed by atoms with E-state index < -0.39 is 0 Å². The summed E-state index contributed by atoms with van der Waals surface area (Å²) in [5.74, 6) is 0.802. The Kier molecular flexibility index (Phi) is 2.88. The van der Waals surface area contributed by atoms with Gasteiger partial charge < -0.3 is 4.90 Å². The summed E-state index contributed by atoms with van der Waals surface area (Å²) in [7, 11) is 0. The Balaban J connectivity index is 1.69. The summed E-state index contributed by atoms with van der Waals surface area (Å²) in [4.78, 5) is 2.23. The molecule has 0 saturated heterocycles. The topological polar surface area (TPSA) is 46.8 Å². The molecule has 0 spiro atoms. The van der Waals surface area contributed by atoms with Crippen molar-refractivity contribution in [2.75, 3.05) is 11.4 Å². The lowest BCUT2D eigenvalue weighted by Crippen LogP contribution is -2.32. The highest BCUT2D eigenvalue weighted by atomic mass is 15.6. The van der Waals surface area contributed by atoms with Crippen LogP contribution < -0.4 is 4.90 Å². The molecular formula is C16H15N5. The molecule has 2 heterocycles. The summed E-state index contributed by atoms with van der Waals surface area (Å²) in [6.07, 6.45) is 1.03. The van der Waals surface area contributed by atoms with Gasteiger partial charge in [-0.15, -0.1) is 0 Å². The van der Waals surface area contributed by atoms with Gasteiger partial charge in [0, 0.05) is 13.1 Å². The monoisotopic (exact) mass is 277 g/mol. The number of rotatable bonds is 2. The Morgan fingerprint density at radius 3 is 2.48 bits per heavy atom. The highest BCUT2D eigenvalue weighted by Gasteiger charge is 2.21. The number of hydrogen-bond donors (Lipinski definition) is 0. The second kappa shape index (κ2) is 5.01. The van der Waals surface area contributed by atoms with Crippen LogP contribution in [0.2, 0.25) is 0 Å². The molecule has 0 fully saturated rings. The van der Waals surface area contributed by atoms with E-state index in [-0.39, 0.29) is 0 Å². The van der Waals surface area contributed by atoms with E-state index in [0.29, 0.717) is 0 Å². The molecule has 0 N–H and O–H groups in total. The second-order valence-corrected chi connectivity index (χ2v) is 5.17. The summed E-state index contributed by atoms with van der Waals surface area (Å²) in [6, 6.07) is 18.6. The average Bonchev–Trinajstić information content (AvgIpc) is 3.05. The molecule has 0 bridgehead atoms. The van der Waals surface area contributed by atoms with Gasteiger partial charge in [-0.1, -0.05) is 47.6 Å². The summed E-state index contributed by atoms with van der Waals surface area (Å²) in [6.45, 7) is 1.79. The molecule has 3 aromatic rings. The first kappa shape index (κ1) is 12.1. The highest BCUT2D eigenvalue weighted by molar-refractivity contribution is 5.44. The van der Waals surface area contributed by atoms with Gasteiger partial charge in [0.2, 0.25) is 0 Å². The van der Waals surface area contributed by atoms with Gasteiger partial charge in [0.1, 0.15) is 0 Å². The highest BCUT2D eigenvalue weighted by Crippen LogP contribution is 2.23. The van der Waals surface area contributed by atoms with Crippen LogP contribution in [0.3, 0.4) is 0 Å². The molecule has 5 nitrogen and oxygen atoms in total. The molecule has 1 aliphatic heterocycles. The number of anilines is 1. The number of fused-ring (bicyclic) bond motifs is 1. The van der Waals surface area contributed by atoms with Crippen molar-refractivity contribution in [3.8, 4) is 5.69 Å². The van der Waals surface area contributed by atoms with E-state index in [4.69, 9.17) is 0 Å². The number of aromatic nitrogens is 4. The third-order valence-electron chi connectivity index (χ3n) is 3.87. The summed E-state index contributed by atoms with van der Waals surface area (Å²) in [5.41, 5.74) is 3.76. The molecule has 4 rings (SSSR count). The van der Waals surface area contributed by atoms with Crippen LogP contribution >= 0.6 is 0 Å². The number of benzene rings is 2. The Morgan fingerprint density at radius 1 is 0.857 bits per heavy atom. The van der Waals surface area contributed by atoms with Crippen LogP contribution in [0.1, 0.15) is 11.1 Å². The summed E-state index contributed by atoms with van der Waals surface area (Å²) < 4.78 is 1.80. The number of hydrogen-bond acceptors (Lipinski definition) is 4. The van der Waals surface area contributed by atoms with Crippen molar-refractivity contribution in [3.63, 3.8) is 0 Å². The molecule has 0 atom stereocenters. The van der Waals surface area contributed by atoms with Crippen molar-refractivity contribution in [1.82, 2.24) is 20.2 Å². The molecule has 0 aliphatic carbocycles. The van der Waals surface area contributed by atoms with E-state index in [1.165, 1.54) is 11.1 Å². The van der Waals surface area contributed by atoms with Crippen LogP contribution in [0.15, 0.2) is 54.6 Å². The number of para-hydroxylation sites is 1. The maximum atomic E-state index is 4.22. The predicted octanol–water partition coefficient (Wildman–Crippen LogP) is 2.22. The van der Waals surface area contributed by atoms with Crippen molar-refractivity contribution >= 4 is 5.95 Å². The molecule has 104 valence electrons. The van der Waals surface area contributed by atoms with E-state index in [0.717, 1.165) is 31.1 Å². The van der Waals surface area contributed by atoms with Crippen LogP contribution in [0.4, 0.5) is 5.95 Å². The van der Waals surface area contributed by atoms with Gasteiger partial charge in [-0.2, -0.15) is 4.68 Å². The zero-order chi connectivity index (χ0) is 14.1. The van der Waals surface area contributed by atoms with E-state index in [9.17, 15) is 0 Å². The van der Waals surface area contributed by atoms with E-state index in [1.54, 1.807) is 4.68 Å². The lowest BCUT2D eigenvalue weighted by molar-refractivity contribution is 0.689. The average molecular weight is 277 g/mol. The van der Waals surface area contributed by atoms with Gasteiger partial charge in [-0.05, 0) is 40.1 Å². The minimum Gasteiger partial charge on any atom is -0.335 e. The fourth-order valence-corrected chi connectivity index (χ4v) is 2.78. The standard InChI is InChI=1S/C16H15N5/c1-2-8-15(9-3-1)21-16(17-18-19-21)20-11-10-13-6-4-5-7-14(13)12-20/h1-9H,10-12H2. The molecule has 2 aromatic carbocycles. The lowest BCUT2D eigenvalue weighted by Gasteiger charge is -2.28. The van der Waals surface area contributed by atoms with Gasteiger partial charge >= 0.3 is 0 Å². The molecule has 0 amide bonds. The third-order valence-corrected chi connectivity index (χ3v) is 3.87. The minimum atomic E-state index is 0.802. The van der Waals surface area contributed by atoms with E-state index in [1.807, 2.05) is 30.3 Å². The minimum absolute atomic E-state index is 0.802. The van der Waals surface area contributed by atoms with Crippen LogP contribution in [-0.2, 0) is 13.0 Å². The first-order valence-corrected chi connectivity index (χ1v) is 7.07. The fraction of sp³-hybridized carbons (Fsp3) is 0.188. The lowest BCUT2D eigenvalue weighted by atomic mass is 10.0. The second-order valence-electron chi connectivity index (χ2n) is 5.17. The molecule has 1 aromatic heterocycles. The van der Waals surface area contributed by atoms with Crippen molar-refractivity contribution in [2.24, 2.45) is 0 Å². The SMILES string of the molecule is c1ccc(-n2nnnc2N2CCc3ccccc3C2)cc1. The van der Waals surface area contributed by atoms with Crippen molar-refractivity contribution in [3.05, 3.63) is 65.7 Å². The summed E-state index contributed by atoms with van der Waals surface area (Å²) >= 11 is 0. The van der Waals surface area contributed by atoms with Crippen LogP contribution in [-0.4, -0.2) is 26.8 Å². The van der Waals surface area contributed by atoms with Crippen LogP contribution in [0.25, 0.3) is 5.69 Å². The van der Waals surface area contributed by atoms with Crippen LogP contribution in [0, 0.1) is 0 Å². The van der Waals surface area contributed by atoms with Gasteiger partial charge in [0.25, 0.3) is 5.95 Å². The molecular weight excluding hydrogens is 262 g/mol. The van der Waals surface area contributed by atoms with Crippen molar-refractivity contribution in [2.45, 2.75) is 13.0 Å². The Morgan fingerprint density at radius 2 is 1.62 bits per heavy atom. The maximum absolute atomic E-state index is 4.22. The van der Waals surface area contributed by atoms with E-state index >= 15 is 0 Å².